The summed E-state index contributed by atoms with van der Waals surface area (Å²) in [4.78, 5) is 24.4. The number of hydrogen-bond acceptors (Lipinski definition) is 6. The number of nitrogens with zero attached hydrogens (tertiary/aromatic N) is 4. The lowest BCUT2D eigenvalue weighted by molar-refractivity contribution is -0.384. The summed E-state index contributed by atoms with van der Waals surface area (Å²) >= 11 is 1.46. The second-order valence-electron chi connectivity index (χ2n) is 4.83. The average molecular weight is 331 g/mol. The van der Waals surface area contributed by atoms with Crippen LogP contribution in [0.25, 0.3) is 5.78 Å². The number of nitrogens with one attached hydrogen (secondary N) is 1. The molecule has 3 aromatic rings. The first kappa shape index (κ1) is 15.2. The Kier molecular flexibility index (Phi) is 4.11. The van der Waals surface area contributed by atoms with Crippen LogP contribution in [0, 0.1) is 10.1 Å². The van der Waals surface area contributed by atoms with E-state index in [1.807, 2.05) is 11.3 Å². The van der Waals surface area contributed by atoms with E-state index in [1.54, 1.807) is 12.1 Å². The third-order valence-corrected chi connectivity index (χ3v) is 4.33. The van der Waals surface area contributed by atoms with E-state index in [0.717, 1.165) is 11.3 Å². The number of aryl methyl sites for hydroxylation is 1. The first-order chi connectivity index (χ1) is 11.1. The third kappa shape index (κ3) is 3.09. The molecular formula is C14H13N5O3S. The van der Waals surface area contributed by atoms with Crippen molar-refractivity contribution < 1.29 is 4.92 Å². The molecule has 2 heterocycles. The van der Waals surface area contributed by atoms with Crippen LogP contribution in [0.5, 0.6) is 0 Å². The van der Waals surface area contributed by atoms with E-state index in [9.17, 15) is 14.9 Å². The molecule has 0 unspecified atom stereocenters. The van der Waals surface area contributed by atoms with Gasteiger partial charge in [0.2, 0.25) is 5.78 Å². The van der Waals surface area contributed by atoms with Gasteiger partial charge in [-0.05, 0) is 12.0 Å². The summed E-state index contributed by atoms with van der Waals surface area (Å²) in [5, 5.41) is 19.4. The molecule has 8 nitrogen and oxygen atoms in total. The first-order valence-corrected chi connectivity index (χ1v) is 7.90. The van der Waals surface area contributed by atoms with Gasteiger partial charge in [0.25, 0.3) is 11.2 Å². The molecule has 0 saturated carbocycles. The summed E-state index contributed by atoms with van der Waals surface area (Å²) in [6.07, 6.45) is 0.684. The zero-order chi connectivity index (χ0) is 16.4. The van der Waals surface area contributed by atoms with Gasteiger partial charge in [0.15, 0.2) is 5.16 Å². The summed E-state index contributed by atoms with van der Waals surface area (Å²) in [5.74, 6) is 1.02. The minimum atomic E-state index is -0.424. The van der Waals surface area contributed by atoms with Crippen LogP contribution in [0.1, 0.15) is 18.2 Å². The molecule has 0 spiro atoms. The Bertz CT molecular complexity index is 916. The fraction of sp³-hybridized carbons (Fsp3) is 0.214. The van der Waals surface area contributed by atoms with E-state index in [-0.39, 0.29) is 11.2 Å². The van der Waals surface area contributed by atoms with Crippen molar-refractivity contribution >= 4 is 23.2 Å². The molecule has 9 heteroatoms. The lowest BCUT2D eigenvalue weighted by Crippen LogP contribution is -2.11. The molecule has 0 aliphatic heterocycles. The zero-order valence-corrected chi connectivity index (χ0v) is 13.0. The molecule has 1 aromatic carbocycles. The Morgan fingerprint density at radius 1 is 1.30 bits per heavy atom. The predicted octanol–water partition coefficient (Wildman–Crippen LogP) is 2.18. The second-order valence-corrected chi connectivity index (χ2v) is 5.77. The molecule has 0 aliphatic rings. The van der Waals surface area contributed by atoms with Crippen molar-refractivity contribution in [3.63, 3.8) is 0 Å². The van der Waals surface area contributed by atoms with Crippen molar-refractivity contribution in [3.8, 4) is 0 Å². The number of benzene rings is 1. The summed E-state index contributed by atoms with van der Waals surface area (Å²) < 4.78 is 1.82. The maximum absolute atomic E-state index is 11.5. The number of rotatable bonds is 5. The van der Waals surface area contributed by atoms with Gasteiger partial charge in [0.1, 0.15) is 0 Å². The van der Waals surface area contributed by atoms with Gasteiger partial charge in [-0.2, -0.15) is 0 Å². The van der Waals surface area contributed by atoms with E-state index in [4.69, 9.17) is 0 Å². The number of nitro benzene ring substituents is 1. The standard InChI is InChI=1S/C14H13N5O3S/c1-2-10-7-12(20)15-13-16-17-14(18(10)13)23-8-9-3-5-11(6-4-9)19(21)22/h3-7H,2,8H2,1H3,(H,15,16,20). The highest BCUT2D eigenvalue weighted by Crippen LogP contribution is 2.23. The summed E-state index contributed by atoms with van der Waals surface area (Å²) in [5.41, 5.74) is 1.64. The molecule has 0 saturated heterocycles. The lowest BCUT2D eigenvalue weighted by Gasteiger charge is -2.05. The number of aromatic nitrogens is 4. The second kappa shape index (κ2) is 6.21. The minimum Gasteiger partial charge on any atom is -0.291 e. The molecule has 0 atom stereocenters. The van der Waals surface area contributed by atoms with Gasteiger partial charge >= 0.3 is 0 Å². The van der Waals surface area contributed by atoms with E-state index in [0.29, 0.717) is 23.1 Å². The Morgan fingerprint density at radius 3 is 2.70 bits per heavy atom. The Balaban J connectivity index is 1.84. The largest absolute Gasteiger partial charge is 0.291 e. The van der Waals surface area contributed by atoms with Crippen molar-refractivity contribution in [2.75, 3.05) is 0 Å². The van der Waals surface area contributed by atoms with E-state index >= 15 is 0 Å². The fourth-order valence-electron chi connectivity index (χ4n) is 2.19. The van der Waals surface area contributed by atoms with E-state index in [2.05, 4.69) is 15.2 Å². The van der Waals surface area contributed by atoms with Gasteiger partial charge in [-0.15, -0.1) is 10.2 Å². The molecule has 0 bridgehead atoms. The van der Waals surface area contributed by atoms with Gasteiger partial charge in [-0.25, -0.2) is 0 Å². The van der Waals surface area contributed by atoms with E-state index < -0.39 is 4.92 Å². The van der Waals surface area contributed by atoms with Crippen LogP contribution in [0.2, 0.25) is 0 Å². The highest BCUT2D eigenvalue weighted by Gasteiger charge is 2.11. The number of nitro groups is 1. The van der Waals surface area contributed by atoms with Crippen LogP contribution >= 0.6 is 11.8 Å². The van der Waals surface area contributed by atoms with E-state index in [1.165, 1.54) is 30.0 Å². The van der Waals surface area contributed by atoms with Crippen molar-refractivity contribution in [2.24, 2.45) is 0 Å². The molecule has 0 amide bonds. The van der Waals surface area contributed by atoms with Crippen molar-refractivity contribution in [3.05, 3.63) is 62.1 Å². The van der Waals surface area contributed by atoms with Crippen LogP contribution in [-0.4, -0.2) is 24.5 Å². The molecule has 1 N–H and O–H groups in total. The normalized spacial score (nSPS) is 11.0. The van der Waals surface area contributed by atoms with Crippen LogP contribution < -0.4 is 5.56 Å². The maximum Gasteiger partial charge on any atom is 0.269 e. The first-order valence-electron chi connectivity index (χ1n) is 6.92. The highest BCUT2D eigenvalue weighted by atomic mass is 32.2. The number of H-pyrrole nitrogens is 1. The smallest absolute Gasteiger partial charge is 0.269 e. The Morgan fingerprint density at radius 2 is 2.04 bits per heavy atom. The molecule has 23 heavy (non-hydrogen) atoms. The molecule has 0 fully saturated rings. The summed E-state index contributed by atoms with van der Waals surface area (Å²) in [6.45, 7) is 1.96. The molecule has 0 aliphatic carbocycles. The van der Waals surface area contributed by atoms with Crippen LogP contribution in [-0.2, 0) is 12.2 Å². The Hall–Kier alpha value is -2.68. The van der Waals surface area contributed by atoms with Crippen LogP contribution in [0.4, 0.5) is 5.69 Å². The number of non-ortho nitro benzene ring substituents is 1. The molecule has 0 radical (unpaired) electrons. The SMILES string of the molecule is CCc1cc(=O)[nH]c2nnc(SCc3ccc([N+](=O)[O-])cc3)n12. The predicted molar refractivity (Wildman–Crippen MR) is 85.6 cm³/mol. The minimum absolute atomic E-state index is 0.0672. The average Bonchev–Trinajstić information content (AvgIpc) is 2.95. The van der Waals surface area contributed by atoms with Crippen LogP contribution in [0.15, 0.2) is 40.3 Å². The summed E-state index contributed by atoms with van der Waals surface area (Å²) in [6, 6.07) is 7.93. The van der Waals surface area contributed by atoms with Gasteiger partial charge in [-0.3, -0.25) is 24.3 Å². The molecular weight excluding hydrogens is 318 g/mol. The van der Waals surface area contributed by atoms with Crippen molar-refractivity contribution in [1.29, 1.82) is 0 Å². The number of aromatic amines is 1. The third-order valence-electron chi connectivity index (χ3n) is 3.33. The Labute approximate surface area is 134 Å². The number of thioether (sulfide) groups is 1. The fourth-order valence-corrected chi connectivity index (χ4v) is 3.11. The topological polar surface area (TPSA) is 106 Å². The zero-order valence-electron chi connectivity index (χ0n) is 12.2. The quantitative estimate of drug-likeness (QED) is 0.436. The summed E-state index contributed by atoms with van der Waals surface area (Å²) in [7, 11) is 0. The molecule has 2 aromatic heterocycles. The maximum atomic E-state index is 11.5. The van der Waals surface area contributed by atoms with Crippen molar-refractivity contribution in [1.82, 2.24) is 19.6 Å². The van der Waals surface area contributed by atoms with Crippen molar-refractivity contribution in [2.45, 2.75) is 24.3 Å². The monoisotopic (exact) mass is 331 g/mol. The van der Waals surface area contributed by atoms with Crippen LogP contribution in [0.3, 0.4) is 0 Å². The number of fused-ring (bicyclic) bond motifs is 1. The van der Waals surface area contributed by atoms with Gasteiger partial charge in [0, 0.05) is 29.6 Å². The van der Waals surface area contributed by atoms with Gasteiger partial charge < -0.3 is 0 Å². The van der Waals surface area contributed by atoms with Gasteiger partial charge in [0.05, 0.1) is 4.92 Å². The van der Waals surface area contributed by atoms with Gasteiger partial charge in [-0.1, -0.05) is 30.8 Å². The molecule has 118 valence electrons. The lowest BCUT2D eigenvalue weighted by atomic mass is 10.2. The molecule has 3 rings (SSSR count). The highest BCUT2D eigenvalue weighted by molar-refractivity contribution is 7.98. The number of hydrogen-bond donors (Lipinski definition) is 1.